The van der Waals surface area contributed by atoms with E-state index in [1.165, 1.54) is 6.07 Å². The normalized spacial score (nSPS) is 15.6. The van der Waals surface area contributed by atoms with Gasteiger partial charge >= 0.3 is 35.8 Å². The lowest BCUT2D eigenvalue weighted by molar-refractivity contribution is -0.441. The van der Waals surface area contributed by atoms with Gasteiger partial charge in [0.25, 0.3) is 0 Å². The number of hydrogen-bond acceptors (Lipinski definition) is 3. The molecule has 196 valence electrons. The van der Waals surface area contributed by atoms with Crippen LogP contribution in [0.25, 0.3) is 0 Å². The Morgan fingerprint density at radius 2 is 0.944 bits per heavy atom. The summed E-state index contributed by atoms with van der Waals surface area (Å²) in [5.74, 6) is -41.5. The van der Waals surface area contributed by atoms with Crippen LogP contribution in [-0.2, 0) is 5.92 Å². The summed E-state index contributed by atoms with van der Waals surface area (Å²) >= 11 is 0. The first-order valence-corrected chi connectivity index (χ1v) is 9.14. The van der Waals surface area contributed by atoms with E-state index in [1.807, 2.05) is 0 Å². The third-order valence-electron chi connectivity index (χ3n) is 5.38. The van der Waals surface area contributed by atoms with Crippen LogP contribution in [0, 0.1) is 0 Å². The number of anilines is 1. The molecular weight excluding hydrogens is 533 g/mol. The molecule has 0 aliphatic heterocycles. The molecule has 0 radical (unpaired) electrons. The molecule has 16 heteroatoms. The quantitative estimate of drug-likeness (QED) is 0.308. The zero-order valence-electron chi connectivity index (χ0n) is 16.8. The van der Waals surface area contributed by atoms with Crippen LogP contribution in [0.5, 0.6) is 0 Å². The Labute approximate surface area is 190 Å². The number of fused-ring (bicyclic) bond motifs is 2. The average molecular weight is 541 g/mol. The predicted octanol–water partition coefficient (Wildman–Crippen LogP) is 6.24. The van der Waals surface area contributed by atoms with E-state index in [4.69, 9.17) is 5.73 Å². The lowest BCUT2D eigenvalue weighted by Crippen LogP contribution is -2.69. The fourth-order valence-electron chi connectivity index (χ4n) is 3.45. The van der Waals surface area contributed by atoms with E-state index in [2.05, 4.69) is 0 Å². The summed E-state index contributed by atoms with van der Waals surface area (Å²) in [5.41, 5.74) is -2.09. The third-order valence-corrected chi connectivity index (χ3v) is 5.38. The highest BCUT2D eigenvalue weighted by atomic mass is 19.4. The number of nitrogens with two attached hydrogens (primary N) is 1. The van der Waals surface area contributed by atoms with Gasteiger partial charge in [-0.2, -0.15) is 57.1 Å². The molecule has 0 unspecified atom stereocenters. The Morgan fingerprint density at radius 1 is 0.528 bits per heavy atom. The van der Waals surface area contributed by atoms with E-state index in [0.29, 0.717) is 0 Å². The number of carbonyl (C=O) groups is 2. The smallest absolute Gasteiger partial charge is 0.398 e. The van der Waals surface area contributed by atoms with Gasteiger partial charge in [-0.1, -0.05) is 24.3 Å². The second kappa shape index (κ2) is 7.59. The van der Waals surface area contributed by atoms with Crippen molar-refractivity contribution >= 4 is 17.3 Å². The van der Waals surface area contributed by atoms with E-state index in [0.717, 1.165) is 18.2 Å². The van der Waals surface area contributed by atoms with Crippen molar-refractivity contribution < 1.29 is 66.7 Å². The molecule has 2 N–H and O–H groups in total. The minimum absolute atomic E-state index is 0.234. The topological polar surface area (TPSA) is 60.2 Å². The summed E-state index contributed by atoms with van der Waals surface area (Å²) in [7, 11) is 0. The molecule has 0 fully saturated rings. The van der Waals surface area contributed by atoms with Crippen molar-refractivity contribution in [1.29, 1.82) is 0 Å². The lowest BCUT2D eigenvalue weighted by atomic mass is 9.78. The molecule has 3 rings (SSSR count). The van der Waals surface area contributed by atoms with Crippen molar-refractivity contribution in [2.75, 3.05) is 5.73 Å². The SMILES string of the molecule is Nc1ccc(C(F)(F)C(F)(F)C(F)(F)C(F)(F)C(F)(F)C(F)(F)F)c2c1C(=O)c1ccccc1C2=O. The van der Waals surface area contributed by atoms with Crippen molar-refractivity contribution in [3.8, 4) is 0 Å². The van der Waals surface area contributed by atoms with Gasteiger partial charge in [0.1, 0.15) is 0 Å². The fraction of sp³-hybridized carbons (Fsp3) is 0.300. The first-order valence-electron chi connectivity index (χ1n) is 9.14. The van der Waals surface area contributed by atoms with E-state index in [-0.39, 0.29) is 12.1 Å². The minimum atomic E-state index is -8.11. The van der Waals surface area contributed by atoms with Crippen LogP contribution in [0.2, 0.25) is 0 Å². The molecule has 36 heavy (non-hydrogen) atoms. The Hall–Kier alpha value is -3.33. The number of ketones is 2. The number of nitrogen functional groups attached to an aromatic ring is 1. The number of benzene rings is 2. The highest BCUT2D eigenvalue weighted by Crippen LogP contribution is 2.62. The molecule has 0 spiro atoms. The second-order valence-electron chi connectivity index (χ2n) is 7.53. The van der Waals surface area contributed by atoms with Gasteiger partial charge in [-0.15, -0.1) is 0 Å². The molecule has 0 heterocycles. The van der Waals surface area contributed by atoms with Crippen molar-refractivity contribution in [1.82, 2.24) is 0 Å². The van der Waals surface area contributed by atoms with Gasteiger partial charge in [0, 0.05) is 27.9 Å². The van der Waals surface area contributed by atoms with E-state index in [9.17, 15) is 66.7 Å². The molecule has 3 nitrogen and oxygen atoms in total. The highest BCUT2D eigenvalue weighted by Gasteiger charge is 2.91. The second-order valence-corrected chi connectivity index (χ2v) is 7.53. The molecule has 0 saturated carbocycles. The van der Waals surface area contributed by atoms with Gasteiger partial charge in [-0.25, -0.2) is 0 Å². The van der Waals surface area contributed by atoms with Crippen molar-refractivity contribution in [2.24, 2.45) is 0 Å². The summed E-state index contributed by atoms with van der Waals surface area (Å²) in [6.45, 7) is 0. The molecular formula is C20H8F13NO2. The first-order chi connectivity index (χ1) is 16.1. The van der Waals surface area contributed by atoms with Crippen molar-refractivity contribution in [3.63, 3.8) is 0 Å². The van der Waals surface area contributed by atoms with Crippen LogP contribution in [0.3, 0.4) is 0 Å². The Balaban J connectivity index is 2.29. The predicted molar refractivity (Wildman–Crippen MR) is 93.9 cm³/mol. The maximum atomic E-state index is 14.8. The number of hydrogen-bond donors (Lipinski definition) is 1. The van der Waals surface area contributed by atoms with Crippen LogP contribution in [-0.4, -0.2) is 41.4 Å². The molecule has 0 saturated heterocycles. The van der Waals surface area contributed by atoms with E-state index < -0.39 is 80.9 Å². The number of rotatable bonds is 5. The highest BCUT2D eigenvalue weighted by molar-refractivity contribution is 6.30. The summed E-state index contributed by atoms with van der Waals surface area (Å²) < 4.78 is 177. The summed E-state index contributed by atoms with van der Waals surface area (Å²) in [6, 6.07) is 4.05. The first kappa shape index (κ1) is 27.3. The number of alkyl halides is 13. The van der Waals surface area contributed by atoms with Crippen molar-refractivity contribution in [3.05, 3.63) is 64.2 Å². The third kappa shape index (κ3) is 3.21. The molecule has 2 aromatic carbocycles. The molecule has 0 aromatic heterocycles. The molecule has 0 bridgehead atoms. The van der Waals surface area contributed by atoms with Crippen LogP contribution < -0.4 is 5.73 Å². The fourth-order valence-corrected chi connectivity index (χ4v) is 3.45. The lowest BCUT2D eigenvalue weighted by Gasteiger charge is -2.40. The monoisotopic (exact) mass is 541 g/mol. The summed E-state index contributed by atoms with van der Waals surface area (Å²) in [5, 5.41) is 0. The maximum Gasteiger partial charge on any atom is 0.460 e. The number of halogens is 13. The Bertz CT molecular complexity index is 1260. The van der Waals surface area contributed by atoms with E-state index >= 15 is 0 Å². The average Bonchev–Trinajstić information content (AvgIpc) is 2.75. The van der Waals surface area contributed by atoms with Gasteiger partial charge < -0.3 is 5.73 Å². The van der Waals surface area contributed by atoms with Gasteiger partial charge in [0.05, 0.1) is 5.56 Å². The Kier molecular flexibility index (Phi) is 5.74. The van der Waals surface area contributed by atoms with Gasteiger partial charge in [0.15, 0.2) is 11.6 Å². The van der Waals surface area contributed by atoms with Gasteiger partial charge in [-0.3, -0.25) is 9.59 Å². The van der Waals surface area contributed by atoms with Crippen LogP contribution in [0.4, 0.5) is 62.8 Å². The van der Waals surface area contributed by atoms with E-state index in [1.54, 1.807) is 0 Å². The largest absolute Gasteiger partial charge is 0.460 e. The summed E-state index contributed by atoms with van der Waals surface area (Å²) in [4.78, 5) is 25.4. The van der Waals surface area contributed by atoms with Crippen molar-refractivity contribution in [2.45, 2.75) is 35.8 Å². The van der Waals surface area contributed by atoms with Crippen LogP contribution in [0.15, 0.2) is 36.4 Å². The maximum absolute atomic E-state index is 14.8. The standard InChI is InChI=1S/C20H8F13NO2/c21-15(22,16(23,24)17(25,26)18(27,28)19(29,30)20(31,32)33)9-5-6-10(34)12-11(9)13(35)7-3-1-2-4-8(7)14(12)36/h1-6H,34H2. The zero-order valence-corrected chi connectivity index (χ0v) is 16.8. The van der Waals surface area contributed by atoms with Crippen LogP contribution >= 0.6 is 0 Å². The molecule has 0 amide bonds. The minimum Gasteiger partial charge on any atom is -0.398 e. The summed E-state index contributed by atoms with van der Waals surface area (Å²) in [6.07, 6.45) is -7.56. The van der Waals surface area contributed by atoms with Gasteiger partial charge in [0.2, 0.25) is 0 Å². The molecule has 0 atom stereocenters. The molecule has 1 aliphatic carbocycles. The Morgan fingerprint density at radius 3 is 1.39 bits per heavy atom. The van der Waals surface area contributed by atoms with Gasteiger partial charge in [-0.05, 0) is 12.1 Å². The molecule has 1 aliphatic rings. The number of carbonyl (C=O) groups excluding carboxylic acids is 2. The van der Waals surface area contributed by atoms with Crippen LogP contribution in [0.1, 0.15) is 37.4 Å². The zero-order chi connectivity index (χ0) is 27.9. The molecule has 2 aromatic rings.